The fraction of sp³-hybridized carbons (Fsp3) is 0. The smallest absolute Gasteiger partial charge is 0.160 e. The molecule has 0 aliphatic carbocycles. The number of aromatic nitrogens is 3. The molecule has 0 spiro atoms. The minimum absolute atomic E-state index is 0.715. The Morgan fingerprint density at radius 3 is 1.55 bits per heavy atom. The number of para-hydroxylation sites is 1. The summed E-state index contributed by atoms with van der Waals surface area (Å²) in [7, 11) is 0. The molecule has 0 unspecified atom stereocenters. The van der Waals surface area contributed by atoms with E-state index in [1.165, 1.54) is 49.4 Å². The van der Waals surface area contributed by atoms with E-state index < -0.39 is 0 Å². The summed E-state index contributed by atoms with van der Waals surface area (Å²) < 4.78 is 2.38. The first-order valence-corrected chi connectivity index (χ1v) is 18.0. The van der Waals surface area contributed by atoms with Crippen molar-refractivity contribution in [2.45, 2.75) is 0 Å². The molecule has 0 saturated heterocycles. The molecule has 0 fully saturated rings. The van der Waals surface area contributed by atoms with Gasteiger partial charge in [-0.3, -0.25) is 0 Å². The van der Waals surface area contributed by atoms with Crippen molar-refractivity contribution in [3.8, 4) is 61.8 Å². The van der Waals surface area contributed by atoms with E-state index in [-0.39, 0.29) is 0 Å². The van der Waals surface area contributed by atoms with E-state index in [4.69, 9.17) is 9.97 Å². The van der Waals surface area contributed by atoms with Crippen LogP contribution in [0.2, 0.25) is 0 Å². The second kappa shape index (κ2) is 12.9. The molecule has 2 heterocycles. The summed E-state index contributed by atoms with van der Waals surface area (Å²) in [5, 5.41) is 4.84. The van der Waals surface area contributed by atoms with Crippen LogP contribution in [0.1, 0.15) is 0 Å². The van der Waals surface area contributed by atoms with Gasteiger partial charge in [0.05, 0.1) is 22.4 Å². The van der Waals surface area contributed by atoms with E-state index in [0.29, 0.717) is 5.82 Å². The highest BCUT2D eigenvalue weighted by Crippen LogP contribution is 2.39. The molecule has 53 heavy (non-hydrogen) atoms. The van der Waals surface area contributed by atoms with Gasteiger partial charge in [0.1, 0.15) is 0 Å². The van der Waals surface area contributed by atoms with Crippen molar-refractivity contribution < 1.29 is 0 Å². The van der Waals surface area contributed by atoms with Gasteiger partial charge in [0.2, 0.25) is 0 Å². The van der Waals surface area contributed by atoms with Crippen molar-refractivity contribution in [2.75, 3.05) is 0 Å². The Hall–Kier alpha value is -7.10. The number of hydrogen-bond acceptors (Lipinski definition) is 2. The monoisotopic (exact) mass is 675 g/mol. The van der Waals surface area contributed by atoms with Crippen LogP contribution >= 0.6 is 0 Å². The van der Waals surface area contributed by atoms with Crippen LogP contribution < -0.4 is 0 Å². The van der Waals surface area contributed by atoms with E-state index in [2.05, 4.69) is 180 Å². The van der Waals surface area contributed by atoms with Gasteiger partial charge in [-0.2, -0.15) is 0 Å². The Labute approximate surface area is 308 Å². The standard InChI is InChI=1S/C50H33N3/c1-4-14-34(15-5-1)38-26-31-49-45(32-38)44-22-12-13-23-48(44)53(49)39-27-24-35(25-28-39)40-29-30-43(42-21-11-10-20-41(40)42)47-33-46(36-16-6-2-7-17-36)51-50(52-47)37-18-8-3-9-19-37/h1-33H. The van der Waals surface area contributed by atoms with Gasteiger partial charge in [-0.15, -0.1) is 0 Å². The van der Waals surface area contributed by atoms with Crippen LogP contribution in [-0.4, -0.2) is 14.5 Å². The fourth-order valence-electron chi connectivity index (χ4n) is 7.68. The lowest BCUT2D eigenvalue weighted by atomic mass is 9.93. The van der Waals surface area contributed by atoms with Crippen molar-refractivity contribution in [3.05, 3.63) is 200 Å². The zero-order chi connectivity index (χ0) is 35.1. The van der Waals surface area contributed by atoms with Gasteiger partial charge in [0, 0.05) is 33.2 Å². The lowest BCUT2D eigenvalue weighted by molar-refractivity contribution is 1.18. The molecular weight excluding hydrogens is 643 g/mol. The first-order valence-electron chi connectivity index (χ1n) is 18.0. The van der Waals surface area contributed by atoms with Crippen LogP contribution in [0.4, 0.5) is 0 Å². The number of fused-ring (bicyclic) bond motifs is 4. The third-order valence-corrected chi connectivity index (χ3v) is 10.2. The van der Waals surface area contributed by atoms with Gasteiger partial charge in [-0.1, -0.05) is 164 Å². The Kier molecular flexibility index (Phi) is 7.47. The molecule has 0 bridgehead atoms. The molecule has 8 aromatic carbocycles. The minimum atomic E-state index is 0.715. The molecule has 10 aromatic rings. The summed E-state index contributed by atoms with van der Waals surface area (Å²) in [5.74, 6) is 0.715. The van der Waals surface area contributed by atoms with Crippen molar-refractivity contribution in [1.29, 1.82) is 0 Å². The lowest BCUT2D eigenvalue weighted by Gasteiger charge is -2.14. The van der Waals surface area contributed by atoms with E-state index in [1.807, 2.05) is 24.3 Å². The Morgan fingerprint density at radius 1 is 0.302 bits per heavy atom. The minimum Gasteiger partial charge on any atom is -0.309 e. The molecule has 10 rings (SSSR count). The Morgan fingerprint density at radius 2 is 0.830 bits per heavy atom. The zero-order valence-electron chi connectivity index (χ0n) is 28.9. The van der Waals surface area contributed by atoms with E-state index >= 15 is 0 Å². The molecule has 0 N–H and O–H groups in total. The van der Waals surface area contributed by atoms with Gasteiger partial charge in [0.25, 0.3) is 0 Å². The second-order valence-electron chi connectivity index (χ2n) is 13.4. The maximum Gasteiger partial charge on any atom is 0.160 e. The fourth-order valence-corrected chi connectivity index (χ4v) is 7.68. The highest BCUT2D eigenvalue weighted by atomic mass is 15.0. The van der Waals surface area contributed by atoms with Crippen LogP contribution in [0, 0.1) is 0 Å². The summed E-state index contributed by atoms with van der Waals surface area (Å²) in [6, 6.07) is 71.0. The van der Waals surface area contributed by atoms with E-state index in [9.17, 15) is 0 Å². The molecule has 3 nitrogen and oxygen atoms in total. The topological polar surface area (TPSA) is 30.7 Å². The predicted molar refractivity (Wildman–Crippen MR) is 221 cm³/mol. The highest BCUT2D eigenvalue weighted by Gasteiger charge is 2.16. The third kappa shape index (κ3) is 5.47. The van der Waals surface area contributed by atoms with Crippen LogP contribution in [0.15, 0.2) is 200 Å². The molecule has 0 amide bonds. The summed E-state index contributed by atoms with van der Waals surface area (Å²) in [6.45, 7) is 0. The van der Waals surface area contributed by atoms with Gasteiger partial charge >= 0.3 is 0 Å². The van der Waals surface area contributed by atoms with E-state index in [1.54, 1.807) is 0 Å². The largest absolute Gasteiger partial charge is 0.309 e. The summed E-state index contributed by atoms with van der Waals surface area (Å²) in [4.78, 5) is 10.2. The highest BCUT2D eigenvalue weighted by molar-refractivity contribution is 6.10. The van der Waals surface area contributed by atoms with Crippen LogP contribution in [-0.2, 0) is 0 Å². The quantitative estimate of drug-likeness (QED) is 0.176. The number of hydrogen-bond donors (Lipinski definition) is 0. The number of nitrogens with zero attached hydrogens (tertiary/aromatic N) is 3. The molecule has 3 heteroatoms. The summed E-state index contributed by atoms with van der Waals surface area (Å²) in [6.07, 6.45) is 0. The maximum atomic E-state index is 5.15. The third-order valence-electron chi connectivity index (χ3n) is 10.2. The first kappa shape index (κ1) is 30.7. The predicted octanol–water partition coefficient (Wildman–Crippen LogP) is 13.1. The van der Waals surface area contributed by atoms with Gasteiger partial charge in [-0.25, -0.2) is 9.97 Å². The molecule has 0 aliphatic rings. The molecular formula is C50H33N3. The molecule has 0 aliphatic heterocycles. The summed E-state index contributed by atoms with van der Waals surface area (Å²) in [5.41, 5.74) is 13.3. The molecule has 0 saturated carbocycles. The molecule has 0 radical (unpaired) electrons. The Bertz CT molecular complexity index is 2850. The van der Waals surface area contributed by atoms with Gasteiger partial charge in [0.15, 0.2) is 5.82 Å². The lowest BCUT2D eigenvalue weighted by Crippen LogP contribution is -1.97. The molecule has 248 valence electrons. The molecule has 0 atom stereocenters. The normalized spacial score (nSPS) is 11.4. The first-order chi connectivity index (χ1) is 26.3. The van der Waals surface area contributed by atoms with Crippen LogP contribution in [0.5, 0.6) is 0 Å². The maximum absolute atomic E-state index is 5.15. The molecule has 2 aromatic heterocycles. The van der Waals surface area contributed by atoms with E-state index in [0.717, 1.165) is 39.2 Å². The summed E-state index contributed by atoms with van der Waals surface area (Å²) >= 11 is 0. The SMILES string of the molecule is c1ccc(-c2ccc3c(c2)c2ccccc2n3-c2ccc(-c3ccc(-c4cc(-c5ccccc5)nc(-c5ccccc5)n4)c4ccccc34)cc2)cc1. The number of rotatable bonds is 6. The van der Waals surface area contributed by atoms with Crippen molar-refractivity contribution in [3.63, 3.8) is 0 Å². The van der Waals surface area contributed by atoms with Crippen molar-refractivity contribution >= 4 is 32.6 Å². The van der Waals surface area contributed by atoms with Gasteiger partial charge in [-0.05, 0) is 69.4 Å². The number of benzene rings is 8. The van der Waals surface area contributed by atoms with Crippen molar-refractivity contribution in [1.82, 2.24) is 14.5 Å². The van der Waals surface area contributed by atoms with Gasteiger partial charge < -0.3 is 4.57 Å². The van der Waals surface area contributed by atoms with Crippen molar-refractivity contribution in [2.24, 2.45) is 0 Å². The Balaban J connectivity index is 1.07. The average Bonchev–Trinajstić information content (AvgIpc) is 3.58. The zero-order valence-corrected chi connectivity index (χ0v) is 28.9. The van der Waals surface area contributed by atoms with Crippen LogP contribution in [0.25, 0.3) is 94.4 Å². The van der Waals surface area contributed by atoms with Crippen LogP contribution in [0.3, 0.4) is 0 Å². The average molecular weight is 676 g/mol. The second-order valence-corrected chi connectivity index (χ2v) is 13.4.